The van der Waals surface area contributed by atoms with Crippen LogP contribution in [0.5, 0.6) is 0 Å². The Morgan fingerprint density at radius 2 is 1.05 bits per heavy atom. The molecule has 0 spiro atoms. The van der Waals surface area contributed by atoms with Gasteiger partial charge >= 0.3 is 0 Å². The normalized spacial score (nSPS) is 30.1. The third-order valence-corrected chi connectivity index (χ3v) is 10.2. The summed E-state index contributed by atoms with van der Waals surface area (Å²) in [6, 6.07) is 0. The highest BCUT2D eigenvalue weighted by atomic mass is 16.5. The molecule has 3 unspecified atom stereocenters. The molecule has 0 amide bonds. The Hall–Kier alpha value is -0.320. The average Bonchev–Trinajstić information content (AvgIpc) is 3.05. The molecule has 246 valence electrons. The number of rotatable bonds is 20. The first-order chi connectivity index (χ1) is 20.8. The third kappa shape index (κ3) is 11.9. The maximum absolute atomic E-state index is 6.89. The van der Waals surface area contributed by atoms with E-state index in [-0.39, 0.29) is 18.7 Å². The Morgan fingerprint density at radius 3 is 1.48 bits per heavy atom. The number of unbranched alkanes of at least 4 members (excludes halogenated alkanes) is 15. The molecule has 0 radical (unpaired) electrons. The first-order valence-corrected chi connectivity index (χ1v) is 18.3. The van der Waals surface area contributed by atoms with Gasteiger partial charge in [-0.15, -0.1) is 0 Å². The smallest absolute Gasteiger partial charge is 0.206 e. The van der Waals surface area contributed by atoms with Gasteiger partial charge in [-0.3, -0.25) is 14.3 Å². The molecular formula is C34H67N4O4+. The zero-order valence-corrected chi connectivity index (χ0v) is 27.4. The van der Waals surface area contributed by atoms with Crippen LogP contribution in [0.15, 0.2) is 0 Å². The van der Waals surface area contributed by atoms with Gasteiger partial charge in [0, 0.05) is 32.7 Å². The Kier molecular flexibility index (Phi) is 17.0. The van der Waals surface area contributed by atoms with Gasteiger partial charge in [0.15, 0.2) is 12.5 Å². The fourth-order valence-electron chi connectivity index (χ4n) is 7.54. The van der Waals surface area contributed by atoms with Crippen molar-refractivity contribution in [1.82, 2.24) is 15.1 Å². The van der Waals surface area contributed by atoms with Crippen molar-refractivity contribution in [2.45, 2.75) is 128 Å². The van der Waals surface area contributed by atoms with Crippen molar-refractivity contribution < 1.29 is 23.4 Å². The van der Waals surface area contributed by atoms with Crippen LogP contribution in [0, 0.1) is 0 Å². The summed E-state index contributed by atoms with van der Waals surface area (Å²) in [7, 11) is 0. The maximum atomic E-state index is 6.89. The SMILES string of the molecule is CCCCCCCCCCCCCCCCCC[N+]1(C2CNCCO2)CC(N2CCOCC2)OC(N2CCOCC2)C1. The molecule has 4 saturated heterocycles. The molecule has 0 saturated carbocycles. The minimum absolute atomic E-state index is 0.127. The highest BCUT2D eigenvalue weighted by Gasteiger charge is 2.49. The lowest BCUT2D eigenvalue weighted by molar-refractivity contribution is -0.986. The van der Waals surface area contributed by atoms with Crippen LogP contribution in [0.3, 0.4) is 0 Å². The molecule has 0 bridgehead atoms. The van der Waals surface area contributed by atoms with Crippen molar-refractivity contribution in [1.29, 1.82) is 0 Å². The second-order valence-electron chi connectivity index (χ2n) is 13.5. The van der Waals surface area contributed by atoms with E-state index >= 15 is 0 Å². The van der Waals surface area contributed by atoms with Crippen molar-refractivity contribution >= 4 is 0 Å². The quantitative estimate of drug-likeness (QED) is 0.150. The van der Waals surface area contributed by atoms with Crippen molar-refractivity contribution in [2.24, 2.45) is 0 Å². The minimum atomic E-state index is 0.127. The van der Waals surface area contributed by atoms with Crippen molar-refractivity contribution in [2.75, 3.05) is 91.9 Å². The van der Waals surface area contributed by atoms with Crippen LogP contribution in [0.2, 0.25) is 0 Å². The van der Waals surface area contributed by atoms with Crippen molar-refractivity contribution in [3.63, 3.8) is 0 Å². The van der Waals surface area contributed by atoms with Crippen LogP contribution in [-0.2, 0) is 18.9 Å². The van der Waals surface area contributed by atoms with Gasteiger partial charge < -0.3 is 24.3 Å². The van der Waals surface area contributed by atoms with Crippen LogP contribution in [0.25, 0.3) is 0 Å². The van der Waals surface area contributed by atoms with Crippen molar-refractivity contribution in [3.8, 4) is 0 Å². The Labute approximate surface area is 258 Å². The molecule has 4 aliphatic heterocycles. The molecular weight excluding hydrogens is 528 g/mol. The maximum Gasteiger partial charge on any atom is 0.206 e. The third-order valence-electron chi connectivity index (χ3n) is 10.2. The highest BCUT2D eigenvalue weighted by molar-refractivity contribution is 4.78. The summed E-state index contributed by atoms with van der Waals surface area (Å²) in [4.78, 5) is 5.07. The van der Waals surface area contributed by atoms with Crippen molar-refractivity contribution in [3.05, 3.63) is 0 Å². The number of hydrogen-bond donors (Lipinski definition) is 1. The highest BCUT2D eigenvalue weighted by Crippen LogP contribution is 2.30. The molecule has 0 aromatic rings. The molecule has 0 aliphatic carbocycles. The lowest BCUT2D eigenvalue weighted by atomic mass is 10.0. The summed E-state index contributed by atoms with van der Waals surface area (Å²) in [6.07, 6.45) is 23.1. The van der Waals surface area contributed by atoms with Gasteiger partial charge in [0.2, 0.25) is 6.23 Å². The fraction of sp³-hybridized carbons (Fsp3) is 1.00. The van der Waals surface area contributed by atoms with Crippen LogP contribution in [0.4, 0.5) is 0 Å². The van der Waals surface area contributed by atoms with E-state index in [0.717, 1.165) is 89.9 Å². The molecule has 8 nitrogen and oxygen atoms in total. The second kappa shape index (κ2) is 20.7. The summed E-state index contributed by atoms with van der Waals surface area (Å²) in [5.74, 6) is 0. The topological polar surface area (TPSA) is 55.4 Å². The molecule has 4 rings (SSSR count). The molecule has 4 fully saturated rings. The zero-order valence-electron chi connectivity index (χ0n) is 27.4. The molecule has 0 aromatic heterocycles. The van der Waals surface area contributed by atoms with Gasteiger partial charge in [0.1, 0.15) is 13.1 Å². The largest absolute Gasteiger partial charge is 0.379 e. The van der Waals surface area contributed by atoms with E-state index in [0.29, 0.717) is 0 Å². The number of ether oxygens (including phenoxy) is 4. The van der Waals surface area contributed by atoms with E-state index in [1.54, 1.807) is 0 Å². The second-order valence-corrected chi connectivity index (χ2v) is 13.5. The predicted molar refractivity (Wildman–Crippen MR) is 170 cm³/mol. The van der Waals surface area contributed by atoms with E-state index in [9.17, 15) is 0 Å². The summed E-state index contributed by atoms with van der Waals surface area (Å²) < 4.78 is 25.9. The van der Waals surface area contributed by atoms with E-state index in [4.69, 9.17) is 18.9 Å². The van der Waals surface area contributed by atoms with Crippen LogP contribution < -0.4 is 5.32 Å². The standard InChI is InChI=1S/C34H67N4O4/c1-2-3-4-5-6-7-8-9-10-11-12-13-14-15-16-17-23-38(34-29-35-18-24-41-34)30-32(36-19-25-39-26-20-36)42-33(31-38)37-21-27-40-28-22-37/h32-35H,2-31H2,1H3/q+1. The lowest BCUT2D eigenvalue weighted by Crippen LogP contribution is -2.73. The van der Waals surface area contributed by atoms with E-state index in [2.05, 4.69) is 22.0 Å². The Morgan fingerprint density at radius 1 is 0.595 bits per heavy atom. The summed E-state index contributed by atoms with van der Waals surface area (Å²) in [6.45, 7) is 15.3. The van der Waals surface area contributed by atoms with E-state index < -0.39 is 0 Å². The Bertz CT molecular complexity index is 642. The molecule has 4 heterocycles. The van der Waals surface area contributed by atoms with Gasteiger partial charge in [0.25, 0.3) is 0 Å². The molecule has 1 N–H and O–H groups in total. The van der Waals surface area contributed by atoms with Gasteiger partial charge in [-0.2, -0.15) is 0 Å². The van der Waals surface area contributed by atoms with Crippen LogP contribution in [-0.4, -0.2) is 125 Å². The van der Waals surface area contributed by atoms with Gasteiger partial charge in [-0.05, 0) is 12.8 Å². The zero-order chi connectivity index (χ0) is 29.1. The first-order valence-electron chi connectivity index (χ1n) is 18.3. The van der Waals surface area contributed by atoms with E-state index in [1.165, 1.54) is 109 Å². The Balaban J connectivity index is 1.19. The minimum Gasteiger partial charge on any atom is -0.379 e. The fourth-order valence-corrected chi connectivity index (χ4v) is 7.54. The lowest BCUT2D eigenvalue weighted by Gasteiger charge is -2.55. The van der Waals surface area contributed by atoms with Crippen LogP contribution in [0.1, 0.15) is 110 Å². The molecule has 8 heteroatoms. The van der Waals surface area contributed by atoms with Gasteiger partial charge in [-0.1, -0.05) is 96.8 Å². The van der Waals surface area contributed by atoms with Crippen LogP contribution >= 0.6 is 0 Å². The summed E-state index contributed by atoms with van der Waals surface area (Å²) >= 11 is 0. The number of morpholine rings is 4. The number of nitrogens with one attached hydrogen (secondary N) is 1. The average molecular weight is 596 g/mol. The summed E-state index contributed by atoms with van der Waals surface area (Å²) in [5, 5.41) is 3.65. The van der Waals surface area contributed by atoms with E-state index in [1.807, 2.05) is 0 Å². The number of nitrogens with zero attached hydrogens (tertiary/aromatic N) is 3. The first kappa shape index (κ1) is 34.6. The number of hydrogen-bond acceptors (Lipinski definition) is 7. The molecule has 3 atom stereocenters. The molecule has 4 aliphatic rings. The predicted octanol–water partition coefficient (Wildman–Crippen LogP) is 5.36. The van der Waals surface area contributed by atoms with Gasteiger partial charge in [0.05, 0.1) is 46.1 Å². The number of quaternary nitrogens is 1. The van der Waals surface area contributed by atoms with Gasteiger partial charge in [-0.25, -0.2) is 0 Å². The summed E-state index contributed by atoms with van der Waals surface area (Å²) in [5.41, 5.74) is 0. The molecule has 0 aromatic carbocycles. The molecule has 42 heavy (non-hydrogen) atoms. The monoisotopic (exact) mass is 596 g/mol.